The largest absolute Gasteiger partial charge is 0.356 e. The van der Waals surface area contributed by atoms with E-state index in [1.54, 1.807) is 6.07 Å². The summed E-state index contributed by atoms with van der Waals surface area (Å²) in [5, 5.41) is 9.63. The summed E-state index contributed by atoms with van der Waals surface area (Å²) >= 11 is 1.31. The van der Waals surface area contributed by atoms with E-state index in [9.17, 15) is 9.18 Å². The number of carbonyl (C=O) groups excluding carboxylic acids is 1. The number of nitrogens with zero attached hydrogens (tertiary/aromatic N) is 3. The Morgan fingerprint density at radius 2 is 2.16 bits per heavy atom. The topological polar surface area (TPSA) is 91.8 Å². The molecule has 0 saturated carbocycles. The van der Waals surface area contributed by atoms with Crippen LogP contribution in [0.1, 0.15) is 13.8 Å². The first-order valence-corrected chi connectivity index (χ1v) is 8.58. The van der Waals surface area contributed by atoms with Crippen LogP contribution in [-0.2, 0) is 4.79 Å². The molecule has 0 saturated heterocycles. The molecule has 1 unspecified atom stereocenters. The van der Waals surface area contributed by atoms with Crippen molar-refractivity contribution in [2.45, 2.75) is 19.9 Å². The van der Waals surface area contributed by atoms with Crippen LogP contribution in [0.25, 0.3) is 10.2 Å². The van der Waals surface area contributed by atoms with Crippen LogP contribution >= 0.6 is 11.3 Å². The Bertz CT molecular complexity index is 972. The van der Waals surface area contributed by atoms with Gasteiger partial charge in [0, 0.05) is 0 Å². The van der Waals surface area contributed by atoms with Gasteiger partial charge in [0.15, 0.2) is 16.8 Å². The number of carbonyl (C=O) groups is 1. The van der Waals surface area contributed by atoms with Gasteiger partial charge in [-0.05, 0) is 24.1 Å². The van der Waals surface area contributed by atoms with Gasteiger partial charge >= 0.3 is 0 Å². The van der Waals surface area contributed by atoms with E-state index < -0.39 is 0 Å². The minimum Gasteiger partial charge on any atom is -0.356 e. The summed E-state index contributed by atoms with van der Waals surface area (Å²) in [6.45, 7) is 3.92. The van der Waals surface area contributed by atoms with Crippen molar-refractivity contribution >= 4 is 49.9 Å². The standard InChI is InChI=1S/C16H15FN6OS/c1-7(2)11-15(24)22-12-13(21-11)18-6-19-14(12)23-16-20-9-4-3-8(17)5-10(9)25-16/h3-7,11H,1-2H3,(H,22,24)(H2,18,19,20,21,23). The molecule has 1 aliphatic heterocycles. The minimum absolute atomic E-state index is 0.124. The van der Waals surface area contributed by atoms with Crippen LogP contribution in [0.2, 0.25) is 0 Å². The smallest absolute Gasteiger partial charge is 0.247 e. The Labute approximate surface area is 146 Å². The van der Waals surface area contributed by atoms with Crippen molar-refractivity contribution in [3.63, 3.8) is 0 Å². The zero-order chi connectivity index (χ0) is 17.6. The van der Waals surface area contributed by atoms with Gasteiger partial charge in [0.2, 0.25) is 5.91 Å². The number of hydrogen-bond acceptors (Lipinski definition) is 7. The van der Waals surface area contributed by atoms with Crippen LogP contribution in [0.5, 0.6) is 0 Å². The molecule has 1 aliphatic rings. The van der Waals surface area contributed by atoms with Gasteiger partial charge in [0.25, 0.3) is 0 Å². The molecule has 2 aromatic heterocycles. The zero-order valence-electron chi connectivity index (χ0n) is 13.5. The summed E-state index contributed by atoms with van der Waals surface area (Å²) in [7, 11) is 0. The Balaban J connectivity index is 1.67. The Morgan fingerprint density at radius 1 is 1.32 bits per heavy atom. The molecule has 7 nitrogen and oxygen atoms in total. The molecule has 1 aromatic carbocycles. The lowest BCUT2D eigenvalue weighted by Crippen LogP contribution is -2.43. The number of hydrogen-bond donors (Lipinski definition) is 3. The molecule has 0 aliphatic carbocycles. The maximum absolute atomic E-state index is 13.3. The molecule has 0 fully saturated rings. The van der Waals surface area contributed by atoms with Crippen LogP contribution in [0.4, 0.5) is 26.8 Å². The van der Waals surface area contributed by atoms with E-state index in [2.05, 4.69) is 30.9 Å². The molecule has 3 N–H and O–H groups in total. The predicted molar refractivity (Wildman–Crippen MR) is 95.8 cm³/mol. The van der Waals surface area contributed by atoms with Crippen molar-refractivity contribution in [2.24, 2.45) is 5.92 Å². The van der Waals surface area contributed by atoms with Gasteiger partial charge in [0.1, 0.15) is 23.9 Å². The average Bonchev–Trinajstić information content (AvgIpc) is 2.96. The van der Waals surface area contributed by atoms with Crippen LogP contribution in [0.3, 0.4) is 0 Å². The Hall–Kier alpha value is -2.81. The molecule has 0 radical (unpaired) electrons. The van der Waals surface area contributed by atoms with Gasteiger partial charge < -0.3 is 16.0 Å². The van der Waals surface area contributed by atoms with Gasteiger partial charge in [-0.1, -0.05) is 25.2 Å². The third-order valence-corrected chi connectivity index (χ3v) is 4.85. The summed E-state index contributed by atoms with van der Waals surface area (Å²) < 4.78 is 14.1. The number of thiazole rings is 1. The predicted octanol–water partition coefficient (Wildman–Crippen LogP) is 3.36. The first kappa shape index (κ1) is 15.7. The monoisotopic (exact) mass is 358 g/mol. The first-order valence-electron chi connectivity index (χ1n) is 7.77. The maximum Gasteiger partial charge on any atom is 0.247 e. The van der Waals surface area contributed by atoms with Crippen molar-refractivity contribution in [1.29, 1.82) is 0 Å². The maximum atomic E-state index is 13.3. The molecule has 25 heavy (non-hydrogen) atoms. The Kier molecular flexibility index (Phi) is 3.72. The average molecular weight is 358 g/mol. The van der Waals surface area contributed by atoms with Gasteiger partial charge in [-0.2, -0.15) is 0 Å². The second-order valence-electron chi connectivity index (χ2n) is 6.06. The number of anilines is 4. The fourth-order valence-corrected chi connectivity index (χ4v) is 3.53. The van der Waals surface area contributed by atoms with Crippen LogP contribution in [-0.4, -0.2) is 26.9 Å². The molecule has 3 heterocycles. The third-order valence-electron chi connectivity index (χ3n) is 3.91. The van der Waals surface area contributed by atoms with Gasteiger partial charge in [-0.3, -0.25) is 4.79 Å². The van der Waals surface area contributed by atoms with Gasteiger partial charge in [-0.25, -0.2) is 19.3 Å². The van der Waals surface area contributed by atoms with E-state index in [1.165, 1.54) is 29.8 Å². The third kappa shape index (κ3) is 2.86. The van der Waals surface area contributed by atoms with Crippen molar-refractivity contribution in [3.8, 4) is 0 Å². The number of rotatable bonds is 3. The van der Waals surface area contributed by atoms with Crippen LogP contribution in [0, 0.1) is 11.7 Å². The minimum atomic E-state index is -0.347. The van der Waals surface area contributed by atoms with Gasteiger partial charge in [0.05, 0.1) is 10.2 Å². The molecular formula is C16H15FN6OS. The first-order chi connectivity index (χ1) is 12.0. The number of nitrogens with one attached hydrogen (secondary N) is 3. The van der Waals surface area contributed by atoms with E-state index in [1.807, 2.05) is 13.8 Å². The second-order valence-corrected chi connectivity index (χ2v) is 7.09. The van der Waals surface area contributed by atoms with E-state index in [4.69, 9.17) is 0 Å². The molecular weight excluding hydrogens is 343 g/mol. The normalized spacial score (nSPS) is 16.5. The fourth-order valence-electron chi connectivity index (χ4n) is 2.64. The highest BCUT2D eigenvalue weighted by Crippen LogP contribution is 2.35. The van der Waals surface area contributed by atoms with Crippen LogP contribution in [0.15, 0.2) is 24.5 Å². The zero-order valence-corrected chi connectivity index (χ0v) is 14.3. The van der Waals surface area contributed by atoms with E-state index >= 15 is 0 Å². The Morgan fingerprint density at radius 3 is 2.96 bits per heavy atom. The highest BCUT2D eigenvalue weighted by molar-refractivity contribution is 7.22. The number of aromatic nitrogens is 3. The molecule has 1 amide bonds. The summed E-state index contributed by atoms with van der Waals surface area (Å²) in [6, 6.07) is 4.08. The molecule has 1 atom stereocenters. The van der Waals surface area contributed by atoms with E-state index in [-0.39, 0.29) is 23.7 Å². The summed E-state index contributed by atoms with van der Waals surface area (Å²) in [5.41, 5.74) is 1.17. The molecule has 3 aromatic rings. The summed E-state index contributed by atoms with van der Waals surface area (Å²) in [5.74, 6) is 0.680. The lowest BCUT2D eigenvalue weighted by Gasteiger charge is -2.29. The second kappa shape index (κ2) is 5.92. The SMILES string of the molecule is CC(C)C1Nc2ncnc(Nc3nc4ccc(F)cc4s3)c2NC1=O. The fraction of sp³-hybridized carbons (Fsp3) is 0.250. The van der Waals surface area contributed by atoms with Crippen molar-refractivity contribution in [2.75, 3.05) is 16.0 Å². The van der Waals surface area contributed by atoms with Crippen molar-refractivity contribution < 1.29 is 9.18 Å². The van der Waals surface area contributed by atoms with Crippen molar-refractivity contribution in [3.05, 3.63) is 30.3 Å². The molecule has 4 rings (SSSR count). The number of benzene rings is 1. The molecule has 0 bridgehead atoms. The van der Waals surface area contributed by atoms with Crippen molar-refractivity contribution in [1.82, 2.24) is 15.0 Å². The van der Waals surface area contributed by atoms with Crippen LogP contribution < -0.4 is 16.0 Å². The lowest BCUT2D eigenvalue weighted by atomic mass is 10.0. The molecule has 128 valence electrons. The number of fused-ring (bicyclic) bond motifs is 2. The highest BCUT2D eigenvalue weighted by Gasteiger charge is 2.30. The summed E-state index contributed by atoms with van der Waals surface area (Å²) in [4.78, 5) is 25.1. The number of halogens is 1. The molecule has 9 heteroatoms. The van der Waals surface area contributed by atoms with E-state index in [0.717, 1.165) is 4.70 Å². The quantitative estimate of drug-likeness (QED) is 0.665. The molecule has 0 spiro atoms. The van der Waals surface area contributed by atoms with Gasteiger partial charge in [-0.15, -0.1) is 0 Å². The lowest BCUT2D eigenvalue weighted by molar-refractivity contribution is -0.117. The van der Waals surface area contributed by atoms with E-state index in [0.29, 0.717) is 28.0 Å². The summed E-state index contributed by atoms with van der Waals surface area (Å²) in [6.07, 6.45) is 1.41. The number of amides is 1. The highest BCUT2D eigenvalue weighted by atomic mass is 32.1.